The van der Waals surface area contributed by atoms with Crippen molar-refractivity contribution in [1.82, 2.24) is 9.78 Å². The summed E-state index contributed by atoms with van der Waals surface area (Å²) in [5, 5.41) is 4.76. The summed E-state index contributed by atoms with van der Waals surface area (Å²) in [6.07, 6.45) is 4.08. The molecule has 0 N–H and O–H groups in total. The number of hydrogen-bond donors (Lipinski definition) is 0. The number of aldehydes is 1. The van der Waals surface area contributed by atoms with Gasteiger partial charge in [-0.2, -0.15) is 5.10 Å². The fraction of sp³-hybridized carbons (Fsp3) is 0.0667. The molecule has 20 heavy (non-hydrogen) atoms. The molecule has 0 fully saturated rings. The van der Waals surface area contributed by atoms with Gasteiger partial charge in [-0.15, -0.1) is 0 Å². The molecule has 0 aliphatic heterocycles. The third-order valence-electron chi connectivity index (χ3n) is 2.93. The van der Waals surface area contributed by atoms with E-state index in [0.29, 0.717) is 29.4 Å². The molecule has 0 radical (unpaired) electrons. The van der Waals surface area contributed by atoms with Crippen molar-refractivity contribution in [3.63, 3.8) is 0 Å². The van der Waals surface area contributed by atoms with Crippen LogP contribution >= 0.6 is 11.6 Å². The average molecular weight is 287 g/mol. The highest BCUT2D eigenvalue weighted by Gasteiger charge is 2.04. The minimum absolute atomic E-state index is 0.329. The Hall–Kier alpha value is -2.33. The van der Waals surface area contributed by atoms with Crippen molar-refractivity contribution in [2.75, 3.05) is 0 Å². The predicted molar refractivity (Wildman–Crippen MR) is 75.9 cm³/mol. The molecule has 100 valence electrons. The Bertz CT molecular complexity index is 728. The second-order valence-electron chi connectivity index (χ2n) is 4.37. The van der Waals surface area contributed by atoms with Gasteiger partial charge in [-0.05, 0) is 17.7 Å². The van der Waals surface area contributed by atoms with E-state index in [-0.39, 0.29) is 0 Å². The summed E-state index contributed by atoms with van der Waals surface area (Å²) in [5.74, 6) is 1.01. The van der Waals surface area contributed by atoms with Crippen molar-refractivity contribution in [3.05, 3.63) is 65.1 Å². The van der Waals surface area contributed by atoms with Crippen LogP contribution in [0, 0.1) is 0 Å². The van der Waals surface area contributed by atoms with Gasteiger partial charge < -0.3 is 4.42 Å². The van der Waals surface area contributed by atoms with Crippen LogP contribution < -0.4 is 0 Å². The Morgan fingerprint density at radius 2 is 2.00 bits per heavy atom. The molecule has 3 rings (SSSR count). The van der Waals surface area contributed by atoms with Crippen LogP contribution in [-0.4, -0.2) is 16.1 Å². The highest BCUT2D eigenvalue weighted by atomic mass is 35.5. The monoisotopic (exact) mass is 286 g/mol. The van der Waals surface area contributed by atoms with E-state index < -0.39 is 0 Å². The van der Waals surface area contributed by atoms with Gasteiger partial charge in [0.2, 0.25) is 0 Å². The fourth-order valence-corrected chi connectivity index (χ4v) is 2.11. The summed E-state index contributed by atoms with van der Waals surface area (Å²) in [5.41, 5.74) is 2.04. The molecular weight excluding hydrogens is 276 g/mol. The Labute approximate surface area is 120 Å². The minimum atomic E-state index is 0.329. The summed E-state index contributed by atoms with van der Waals surface area (Å²) in [4.78, 5) is 10.6. The summed E-state index contributed by atoms with van der Waals surface area (Å²) in [6, 6.07) is 11.3. The molecule has 3 aromatic rings. The van der Waals surface area contributed by atoms with Gasteiger partial charge in [0.05, 0.1) is 17.8 Å². The van der Waals surface area contributed by atoms with Gasteiger partial charge in [0.1, 0.15) is 5.76 Å². The first kappa shape index (κ1) is 12.7. The lowest BCUT2D eigenvalue weighted by Gasteiger charge is -2.03. The third kappa shape index (κ3) is 2.65. The largest absolute Gasteiger partial charge is 0.453 e. The van der Waals surface area contributed by atoms with Crippen LogP contribution in [0.4, 0.5) is 0 Å². The zero-order valence-electron chi connectivity index (χ0n) is 10.5. The molecule has 0 saturated heterocycles. The number of halogens is 1. The SMILES string of the molecule is O=Cc1ccc(-c2ccc(Cn3cc(Cl)cn3)cc2)o1. The lowest BCUT2D eigenvalue weighted by molar-refractivity contribution is 0.110. The van der Waals surface area contributed by atoms with E-state index in [1.54, 1.807) is 29.2 Å². The highest BCUT2D eigenvalue weighted by molar-refractivity contribution is 6.30. The summed E-state index contributed by atoms with van der Waals surface area (Å²) in [7, 11) is 0. The molecule has 0 unspecified atom stereocenters. The molecule has 2 heterocycles. The van der Waals surface area contributed by atoms with Crippen molar-refractivity contribution in [2.24, 2.45) is 0 Å². The fourth-order valence-electron chi connectivity index (χ4n) is 1.96. The zero-order valence-corrected chi connectivity index (χ0v) is 11.2. The molecule has 0 atom stereocenters. The number of furan rings is 1. The molecule has 0 aliphatic rings. The van der Waals surface area contributed by atoms with Gasteiger partial charge in [0.25, 0.3) is 0 Å². The first-order valence-electron chi connectivity index (χ1n) is 6.07. The lowest BCUT2D eigenvalue weighted by Crippen LogP contribution is -1.99. The van der Waals surface area contributed by atoms with Crippen LogP contribution in [0.3, 0.4) is 0 Å². The van der Waals surface area contributed by atoms with E-state index in [1.807, 2.05) is 24.3 Å². The maximum Gasteiger partial charge on any atom is 0.185 e. The number of carbonyl (C=O) groups excluding carboxylic acids is 1. The number of benzene rings is 1. The molecule has 0 aliphatic carbocycles. The molecular formula is C15H11ClN2O2. The van der Waals surface area contributed by atoms with Crippen LogP contribution in [0.25, 0.3) is 11.3 Å². The van der Waals surface area contributed by atoms with Gasteiger partial charge in [0.15, 0.2) is 12.0 Å². The first-order chi connectivity index (χ1) is 9.74. The Kier molecular flexibility index (Phi) is 3.39. The predicted octanol–water partition coefficient (Wildman–Crippen LogP) is 3.66. The van der Waals surface area contributed by atoms with E-state index in [9.17, 15) is 4.79 Å². The summed E-state index contributed by atoms with van der Waals surface area (Å²) < 4.78 is 7.15. The van der Waals surface area contributed by atoms with Gasteiger partial charge in [-0.3, -0.25) is 9.48 Å². The number of rotatable bonds is 4. The van der Waals surface area contributed by atoms with E-state index in [4.69, 9.17) is 16.0 Å². The van der Waals surface area contributed by atoms with Crippen LogP contribution in [0.2, 0.25) is 5.02 Å². The number of aromatic nitrogens is 2. The molecule has 0 saturated carbocycles. The molecule has 0 spiro atoms. The van der Waals surface area contributed by atoms with Gasteiger partial charge >= 0.3 is 0 Å². The average Bonchev–Trinajstić information content (AvgIpc) is 3.09. The molecule has 0 amide bonds. The van der Waals surface area contributed by atoms with Crippen LogP contribution in [0.1, 0.15) is 16.1 Å². The number of carbonyl (C=O) groups is 1. The molecule has 1 aromatic carbocycles. The Morgan fingerprint density at radius 1 is 1.20 bits per heavy atom. The van der Waals surface area contributed by atoms with Crippen LogP contribution in [-0.2, 0) is 6.54 Å². The first-order valence-corrected chi connectivity index (χ1v) is 6.45. The smallest absolute Gasteiger partial charge is 0.185 e. The summed E-state index contributed by atoms with van der Waals surface area (Å²) in [6.45, 7) is 0.657. The minimum Gasteiger partial charge on any atom is -0.453 e. The van der Waals surface area contributed by atoms with Gasteiger partial charge in [-0.25, -0.2) is 0 Å². The number of hydrogen-bond acceptors (Lipinski definition) is 3. The third-order valence-corrected chi connectivity index (χ3v) is 3.12. The van der Waals surface area contributed by atoms with Crippen molar-refractivity contribution in [1.29, 1.82) is 0 Å². The van der Waals surface area contributed by atoms with Gasteiger partial charge in [-0.1, -0.05) is 35.9 Å². The lowest BCUT2D eigenvalue weighted by atomic mass is 10.1. The molecule has 4 nitrogen and oxygen atoms in total. The second kappa shape index (κ2) is 5.35. The van der Waals surface area contributed by atoms with E-state index in [1.165, 1.54) is 0 Å². The van der Waals surface area contributed by atoms with Gasteiger partial charge in [0, 0.05) is 11.8 Å². The molecule has 2 aromatic heterocycles. The molecule has 0 bridgehead atoms. The Balaban J connectivity index is 1.78. The highest BCUT2D eigenvalue weighted by Crippen LogP contribution is 2.22. The van der Waals surface area contributed by atoms with Crippen molar-refractivity contribution in [2.45, 2.75) is 6.54 Å². The van der Waals surface area contributed by atoms with Crippen LogP contribution in [0.15, 0.2) is 53.2 Å². The van der Waals surface area contributed by atoms with Crippen molar-refractivity contribution in [3.8, 4) is 11.3 Å². The molecule has 5 heteroatoms. The zero-order chi connectivity index (χ0) is 13.9. The normalized spacial score (nSPS) is 10.7. The summed E-state index contributed by atoms with van der Waals surface area (Å²) >= 11 is 5.82. The van der Waals surface area contributed by atoms with Crippen molar-refractivity contribution >= 4 is 17.9 Å². The maximum absolute atomic E-state index is 10.6. The van der Waals surface area contributed by atoms with E-state index in [0.717, 1.165) is 11.1 Å². The number of nitrogens with zero attached hydrogens (tertiary/aromatic N) is 2. The van der Waals surface area contributed by atoms with Crippen molar-refractivity contribution < 1.29 is 9.21 Å². The maximum atomic E-state index is 10.6. The standard InChI is InChI=1S/C15H11ClN2O2/c16-13-7-17-18(9-13)8-11-1-3-12(4-2-11)15-6-5-14(10-19)20-15/h1-7,9-10H,8H2. The van der Waals surface area contributed by atoms with E-state index in [2.05, 4.69) is 5.10 Å². The van der Waals surface area contributed by atoms with Crippen LogP contribution in [0.5, 0.6) is 0 Å². The topological polar surface area (TPSA) is 48.0 Å². The van der Waals surface area contributed by atoms with E-state index >= 15 is 0 Å². The Morgan fingerprint density at radius 3 is 2.60 bits per heavy atom. The quantitative estimate of drug-likeness (QED) is 0.688. The second-order valence-corrected chi connectivity index (χ2v) is 4.81.